The number of ether oxygens (including phenoxy) is 1. The predicted octanol–water partition coefficient (Wildman–Crippen LogP) is 4.79. The molecule has 0 heterocycles. The van der Waals surface area contributed by atoms with Crippen molar-refractivity contribution in [2.75, 3.05) is 5.32 Å². The number of carbonyl (C=O) groups is 2. The lowest BCUT2D eigenvalue weighted by Gasteiger charge is -2.15. The van der Waals surface area contributed by atoms with E-state index in [1.54, 1.807) is 0 Å². The van der Waals surface area contributed by atoms with Crippen molar-refractivity contribution in [3.63, 3.8) is 0 Å². The average Bonchev–Trinajstić information content (AvgIpc) is 2.50. The van der Waals surface area contributed by atoms with Crippen molar-refractivity contribution in [3.05, 3.63) is 63.1 Å². The number of halogens is 2. The van der Waals surface area contributed by atoms with Crippen molar-refractivity contribution in [2.45, 2.75) is 26.9 Å². The number of esters is 1. The molecular formula is C18H17Cl2NO3. The van der Waals surface area contributed by atoms with E-state index in [0.29, 0.717) is 10.7 Å². The van der Waals surface area contributed by atoms with Crippen LogP contribution in [0.2, 0.25) is 10.0 Å². The van der Waals surface area contributed by atoms with Crippen LogP contribution < -0.4 is 5.32 Å². The first kappa shape index (κ1) is 18.3. The molecule has 0 saturated carbocycles. The van der Waals surface area contributed by atoms with Crippen LogP contribution in [0.1, 0.15) is 28.4 Å². The summed E-state index contributed by atoms with van der Waals surface area (Å²) in [6, 6.07) is 10.2. The summed E-state index contributed by atoms with van der Waals surface area (Å²) in [6.07, 6.45) is -0.968. The molecule has 0 aliphatic rings. The highest BCUT2D eigenvalue weighted by molar-refractivity contribution is 6.36. The smallest absolute Gasteiger partial charge is 0.340 e. The maximum atomic E-state index is 12.2. The molecule has 0 aliphatic carbocycles. The highest BCUT2D eigenvalue weighted by Gasteiger charge is 2.21. The zero-order valence-corrected chi connectivity index (χ0v) is 15.0. The van der Waals surface area contributed by atoms with Gasteiger partial charge < -0.3 is 10.1 Å². The van der Waals surface area contributed by atoms with E-state index in [0.717, 1.165) is 11.1 Å². The molecule has 2 rings (SSSR count). The van der Waals surface area contributed by atoms with Gasteiger partial charge in [0.1, 0.15) is 0 Å². The number of rotatable bonds is 4. The van der Waals surface area contributed by atoms with Crippen LogP contribution in [0, 0.1) is 13.8 Å². The number of amides is 1. The molecule has 1 N–H and O–H groups in total. The predicted molar refractivity (Wildman–Crippen MR) is 95.9 cm³/mol. The second-order valence-corrected chi connectivity index (χ2v) is 6.32. The molecule has 0 fully saturated rings. The standard InChI is InChI=1S/C18H17Cl2NO3/c1-10-4-5-11(2)16(8-10)21-17(22)12(3)24-18(23)14-7-6-13(19)9-15(14)20/h4-9,12H,1-3H3,(H,21,22)/t12-/m1/s1. The van der Waals surface area contributed by atoms with Gasteiger partial charge in [0.15, 0.2) is 6.10 Å². The van der Waals surface area contributed by atoms with E-state index in [4.69, 9.17) is 27.9 Å². The molecular weight excluding hydrogens is 349 g/mol. The van der Waals surface area contributed by atoms with Crippen molar-refractivity contribution in [1.29, 1.82) is 0 Å². The first-order chi connectivity index (χ1) is 11.3. The van der Waals surface area contributed by atoms with Crippen LogP contribution >= 0.6 is 23.2 Å². The second kappa shape index (κ2) is 7.69. The lowest BCUT2D eigenvalue weighted by atomic mass is 10.1. The fourth-order valence-corrected chi connectivity index (χ4v) is 2.52. The number of hydrogen-bond acceptors (Lipinski definition) is 3. The summed E-state index contributed by atoms with van der Waals surface area (Å²) in [6.45, 7) is 5.32. The second-order valence-electron chi connectivity index (χ2n) is 5.48. The zero-order chi connectivity index (χ0) is 17.9. The van der Waals surface area contributed by atoms with Gasteiger partial charge >= 0.3 is 5.97 Å². The highest BCUT2D eigenvalue weighted by Crippen LogP contribution is 2.22. The van der Waals surface area contributed by atoms with Crippen LogP contribution in [0.15, 0.2) is 36.4 Å². The van der Waals surface area contributed by atoms with Crippen LogP contribution in [0.3, 0.4) is 0 Å². The molecule has 126 valence electrons. The molecule has 4 nitrogen and oxygen atoms in total. The third-order valence-corrected chi connectivity index (χ3v) is 4.00. The van der Waals surface area contributed by atoms with E-state index in [2.05, 4.69) is 5.32 Å². The summed E-state index contributed by atoms with van der Waals surface area (Å²) in [4.78, 5) is 24.4. The molecule has 0 aliphatic heterocycles. The lowest BCUT2D eigenvalue weighted by molar-refractivity contribution is -0.123. The summed E-state index contributed by atoms with van der Waals surface area (Å²) in [5.74, 6) is -1.09. The van der Waals surface area contributed by atoms with Gasteiger partial charge in [-0.15, -0.1) is 0 Å². The Kier molecular flexibility index (Phi) is 5.86. The molecule has 24 heavy (non-hydrogen) atoms. The van der Waals surface area contributed by atoms with Gasteiger partial charge in [0.2, 0.25) is 0 Å². The van der Waals surface area contributed by atoms with Gasteiger partial charge in [0.05, 0.1) is 10.6 Å². The Morgan fingerprint density at radius 3 is 2.46 bits per heavy atom. The van der Waals surface area contributed by atoms with Crippen LogP contribution in [0.5, 0.6) is 0 Å². The first-order valence-corrected chi connectivity index (χ1v) is 8.07. The fourth-order valence-electron chi connectivity index (χ4n) is 2.04. The van der Waals surface area contributed by atoms with Gasteiger partial charge in [0.25, 0.3) is 5.91 Å². The monoisotopic (exact) mass is 365 g/mol. The minimum Gasteiger partial charge on any atom is -0.449 e. The maximum absolute atomic E-state index is 12.2. The summed E-state index contributed by atoms with van der Waals surface area (Å²) < 4.78 is 5.18. The minimum absolute atomic E-state index is 0.160. The van der Waals surface area contributed by atoms with E-state index in [9.17, 15) is 9.59 Å². The Hall–Kier alpha value is -2.04. The fraction of sp³-hybridized carbons (Fsp3) is 0.222. The largest absolute Gasteiger partial charge is 0.449 e. The van der Waals surface area contributed by atoms with Crippen LogP contribution in [0.4, 0.5) is 5.69 Å². The first-order valence-electron chi connectivity index (χ1n) is 7.32. The van der Waals surface area contributed by atoms with Crippen LogP contribution in [-0.4, -0.2) is 18.0 Å². The highest BCUT2D eigenvalue weighted by atomic mass is 35.5. The van der Waals surface area contributed by atoms with E-state index in [-0.39, 0.29) is 10.6 Å². The van der Waals surface area contributed by atoms with E-state index in [1.807, 2.05) is 32.0 Å². The topological polar surface area (TPSA) is 55.4 Å². The maximum Gasteiger partial charge on any atom is 0.340 e. The number of benzene rings is 2. The van der Waals surface area contributed by atoms with Crippen molar-refractivity contribution < 1.29 is 14.3 Å². The molecule has 1 atom stereocenters. The Balaban J connectivity index is 2.05. The number of aryl methyl sites for hydroxylation is 2. The molecule has 1 amide bonds. The quantitative estimate of drug-likeness (QED) is 0.792. The molecule has 2 aromatic rings. The Morgan fingerprint density at radius 2 is 1.79 bits per heavy atom. The zero-order valence-electron chi connectivity index (χ0n) is 13.5. The molecule has 6 heteroatoms. The Morgan fingerprint density at radius 1 is 1.08 bits per heavy atom. The average molecular weight is 366 g/mol. The van der Waals surface area contributed by atoms with E-state index >= 15 is 0 Å². The molecule has 0 spiro atoms. The minimum atomic E-state index is -0.968. The van der Waals surface area contributed by atoms with Crippen molar-refractivity contribution in [3.8, 4) is 0 Å². The number of nitrogens with one attached hydrogen (secondary N) is 1. The summed E-state index contributed by atoms with van der Waals surface area (Å²) in [5, 5.41) is 3.35. The van der Waals surface area contributed by atoms with Crippen molar-refractivity contribution >= 4 is 40.8 Å². The number of anilines is 1. The molecule has 0 bridgehead atoms. The third kappa shape index (κ3) is 4.49. The van der Waals surface area contributed by atoms with Gasteiger partial charge in [-0.3, -0.25) is 4.79 Å². The van der Waals surface area contributed by atoms with Gasteiger partial charge in [-0.25, -0.2) is 4.79 Å². The van der Waals surface area contributed by atoms with Crippen molar-refractivity contribution in [2.24, 2.45) is 0 Å². The molecule has 0 aromatic heterocycles. The summed E-state index contributed by atoms with van der Waals surface area (Å²) in [7, 11) is 0. The van der Waals surface area contributed by atoms with Gasteiger partial charge in [0, 0.05) is 10.7 Å². The molecule has 0 saturated heterocycles. The normalized spacial score (nSPS) is 11.7. The summed E-state index contributed by atoms with van der Waals surface area (Å²) in [5.41, 5.74) is 2.79. The Labute approximate surface area is 150 Å². The van der Waals surface area contributed by atoms with Crippen LogP contribution in [-0.2, 0) is 9.53 Å². The molecule has 0 unspecified atom stereocenters. The number of hydrogen-bond donors (Lipinski definition) is 1. The van der Waals surface area contributed by atoms with Crippen molar-refractivity contribution in [1.82, 2.24) is 0 Å². The van der Waals surface area contributed by atoms with Gasteiger partial charge in [-0.05, 0) is 56.2 Å². The van der Waals surface area contributed by atoms with Gasteiger partial charge in [-0.2, -0.15) is 0 Å². The number of carbonyl (C=O) groups excluding carboxylic acids is 2. The van der Waals surface area contributed by atoms with E-state index < -0.39 is 18.0 Å². The van der Waals surface area contributed by atoms with Gasteiger partial charge in [-0.1, -0.05) is 35.3 Å². The van der Waals surface area contributed by atoms with E-state index in [1.165, 1.54) is 25.1 Å². The lowest BCUT2D eigenvalue weighted by Crippen LogP contribution is -2.30. The Bertz CT molecular complexity index is 790. The third-order valence-electron chi connectivity index (χ3n) is 3.46. The molecule has 2 aromatic carbocycles. The SMILES string of the molecule is Cc1ccc(C)c(NC(=O)[C@@H](C)OC(=O)c2ccc(Cl)cc2Cl)c1. The van der Waals surface area contributed by atoms with Crippen LogP contribution in [0.25, 0.3) is 0 Å². The summed E-state index contributed by atoms with van der Waals surface area (Å²) >= 11 is 11.8. The molecule has 0 radical (unpaired) electrons.